The highest BCUT2D eigenvalue weighted by atomic mass is 16.5. The third-order valence-electron chi connectivity index (χ3n) is 3.59. The lowest BCUT2D eigenvalue weighted by Crippen LogP contribution is -2.35. The Labute approximate surface area is 104 Å². The van der Waals surface area contributed by atoms with Gasteiger partial charge in [0.15, 0.2) is 0 Å². The lowest BCUT2D eigenvalue weighted by atomic mass is 10.0. The average molecular weight is 243 g/mol. The van der Waals surface area contributed by atoms with E-state index < -0.39 is 0 Å². The van der Waals surface area contributed by atoms with Crippen molar-refractivity contribution < 1.29 is 14.6 Å². The summed E-state index contributed by atoms with van der Waals surface area (Å²) >= 11 is 0. The minimum atomic E-state index is -0.223. The second-order valence-corrected chi connectivity index (χ2v) is 5.04. The predicted molar refractivity (Wildman–Crippen MR) is 66.6 cm³/mol. The summed E-state index contributed by atoms with van der Waals surface area (Å²) in [4.78, 5) is 11.8. The third-order valence-corrected chi connectivity index (χ3v) is 3.59. The Morgan fingerprint density at radius 2 is 2.29 bits per heavy atom. The molecule has 0 aromatic rings. The Morgan fingerprint density at radius 1 is 1.53 bits per heavy atom. The molecule has 1 aliphatic rings. The highest BCUT2D eigenvalue weighted by molar-refractivity contribution is 5.78. The fourth-order valence-corrected chi connectivity index (χ4v) is 2.33. The lowest BCUT2D eigenvalue weighted by molar-refractivity contribution is -0.125. The molecule has 1 rings (SSSR count). The van der Waals surface area contributed by atoms with Crippen LogP contribution in [0.15, 0.2) is 0 Å². The van der Waals surface area contributed by atoms with E-state index in [0.717, 1.165) is 32.1 Å². The number of rotatable bonds is 7. The van der Waals surface area contributed by atoms with E-state index in [9.17, 15) is 9.90 Å². The third kappa shape index (κ3) is 5.04. The number of hydrogen-bond donors (Lipinski definition) is 2. The highest BCUT2D eigenvalue weighted by Crippen LogP contribution is 2.24. The Hall–Kier alpha value is -0.610. The van der Waals surface area contributed by atoms with Crippen LogP contribution < -0.4 is 5.32 Å². The number of hydrogen-bond acceptors (Lipinski definition) is 3. The van der Waals surface area contributed by atoms with Crippen LogP contribution in [0.4, 0.5) is 0 Å². The molecule has 4 heteroatoms. The molecule has 0 saturated heterocycles. The Bertz CT molecular complexity index is 233. The van der Waals surface area contributed by atoms with Crippen LogP contribution in [0, 0.1) is 11.8 Å². The second kappa shape index (κ2) is 7.67. The molecule has 3 unspecified atom stereocenters. The minimum Gasteiger partial charge on any atom is -0.393 e. The molecular weight excluding hydrogens is 218 g/mol. The van der Waals surface area contributed by atoms with Crippen molar-refractivity contribution in [2.45, 2.75) is 45.1 Å². The summed E-state index contributed by atoms with van der Waals surface area (Å²) < 4.78 is 4.96. The molecule has 4 nitrogen and oxygen atoms in total. The molecule has 1 fully saturated rings. The van der Waals surface area contributed by atoms with Gasteiger partial charge in [0.05, 0.1) is 6.10 Å². The molecule has 0 spiro atoms. The summed E-state index contributed by atoms with van der Waals surface area (Å²) in [7, 11) is 1.67. The lowest BCUT2D eigenvalue weighted by Gasteiger charge is -2.17. The number of ether oxygens (including phenoxy) is 1. The van der Waals surface area contributed by atoms with Crippen molar-refractivity contribution in [1.29, 1.82) is 0 Å². The summed E-state index contributed by atoms with van der Waals surface area (Å²) in [5, 5.41) is 12.6. The first-order valence-corrected chi connectivity index (χ1v) is 6.60. The van der Waals surface area contributed by atoms with Gasteiger partial charge in [-0.2, -0.15) is 0 Å². The Balaban J connectivity index is 2.15. The monoisotopic (exact) mass is 243 g/mol. The molecule has 100 valence electrons. The molecule has 0 heterocycles. The summed E-state index contributed by atoms with van der Waals surface area (Å²) in [5.74, 6) is 0.383. The van der Waals surface area contributed by atoms with Crippen molar-refractivity contribution in [1.82, 2.24) is 5.32 Å². The molecule has 3 atom stereocenters. The van der Waals surface area contributed by atoms with E-state index in [4.69, 9.17) is 4.74 Å². The molecular formula is C13H25NO3. The predicted octanol–water partition coefficient (Wildman–Crippen LogP) is 1.33. The maximum atomic E-state index is 11.8. The maximum Gasteiger partial charge on any atom is 0.222 e. The fraction of sp³-hybridized carbons (Fsp3) is 0.923. The summed E-state index contributed by atoms with van der Waals surface area (Å²) in [6.45, 7) is 3.27. The molecule has 0 aromatic heterocycles. The van der Waals surface area contributed by atoms with E-state index in [0.29, 0.717) is 13.2 Å². The number of amides is 1. The molecule has 1 aliphatic carbocycles. The molecule has 2 N–H and O–H groups in total. The van der Waals surface area contributed by atoms with Gasteiger partial charge < -0.3 is 15.2 Å². The van der Waals surface area contributed by atoms with Crippen LogP contribution in [0.5, 0.6) is 0 Å². The zero-order valence-corrected chi connectivity index (χ0v) is 10.9. The van der Waals surface area contributed by atoms with Crippen LogP contribution in [-0.4, -0.2) is 37.4 Å². The quantitative estimate of drug-likeness (QED) is 0.663. The maximum absolute atomic E-state index is 11.8. The van der Waals surface area contributed by atoms with Gasteiger partial charge in [0.25, 0.3) is 0 Å². The number of carbonyl (C=O) groups excluding carboxylic acids is 1. The van der Waals surface area contributed by atoms with Crippen molar-refractivity contribution in [2.24, 2.45) is 11.8 Å². The SMILES string of the molecule is COCCCC(C)C(=O)NCC1CCCC1O. The van der Waals surface area contributed by atoms with Crippen LogP contribution in [0.25, 0.3) is 0 Å². The highest BCUT2D eigenvalue weighted by Gasteiger charge is 2.25. The van der Waals surface area contributed by atoms with Crippen molar-refractivity contribution in [3.8, 4) is 0 Å². The molecule has 0 bridgehead atoms. The number of aliphatic hydroxyl groups is 1. The first-order chi connectivity index (χ1) is 8.15. The first kappa shape index (κ1) is 14.5. The number of nitrogens with one attached hydrogen (secondary N) is 1. The molecule has 1 amide bonds. The smallest absolute Gasteiger partial charge is 0.222 e. The van der Waals surface area contributed by atoms with Crippen molar-refractivity contribution in [2.75, 3.05) is 20.3 Å². The molecule has 0 aliphatic heterocycles. The Morgan fingerprint density at radius 3 is 2.88 bits per heavy atom. The van der Waals surface area contributed by atoms with Gasteiger partial charge in [0.1, 0.15) is 0 Å². The summed E-state index contributed by atoms with van der Waals surface area (Å²) in [5.41, 5.74) is 0. The largest absolute Gasteiger partial charge is 0.393 e. The van der Waals surface area contributed by atoms with Crippen LogP contribution in [0.1, 0.15) is 39.0 Å². The summed E-state index contributed by atoms with van der Waals surface area (Å²) in [6.07, 6.45) is 4.53. The Kier molecular flexibility index (Phi) is 6.52. The number of carbonyl (C=O) groups is 1. The van der Waals surface area contributed by atoms with E-state index in [1.54, 1.807) is 7.11 Å². The van der Waals surface area contributed by atoms with Crippen molar-refractivity contribution >= 4 is 5.91 Å². The van der Waals surface area contributed by atoms with Crippen LogP contribution >= 0.6 is 0 Å². The molecule has 1 saturated carbocycles. The molecule has 0 radical (unpaired) electrons. The van der Waals surface area contributed by atoms with Gasteiger partial charge >= 0.3 is 0 Å². The van der Waals surface area contributed by atoms with Gasteiger partial charge in [-0.3, -0.25) is 4.79 Å². The van der Waals surface area contributed by atoms with Gasteiger partial charge in [-0.1, -0.05) is 13.3 Å². The average Bonchev–Trinajstić information content (AvgIpc) is 2.72. The van der Waals surface area contributed by atoms with Crippen molar-refractivity contribution in [3.05, 3.63) is 0 Å². The zero-order chi connectivity index (χ0) is 12.7. The first-order valence-electron chi connectivity index (χ1n) is 6.60. The van der Waals surface area contributed by atoms with Gasteiger partial charge in [-0.05, 0) is 25.7 Å². The fourth-order valence-electron chi connectivity index (χ4n) is 2.33. The number of aliphatic hydroxyl groups excluding tert-OH is 1. The normalized spacial score (nSPS) is 25.8. The van der Waals surface area contributed by atoms with Gasteiger partial charge in [-0.25, -0.2) is 0 Å². The standard InChI is InChI=1S/C13H25NO3/c1-10(5-4-8-17-2)13(16)14-9-11-6-3-7-12(11)15/h10-12,15H,3-9H2,1-2H3,(H,14,16). The van der Waals surface area contributed by atoms with E-state index in [1.165, 1.54) is 0 Å². The van der Waals surface area contributed by atoms with Gasteiger partial charge in [0.2, 0.25) is 5.91 Å². The number of methoxy groups -OCH3 is 1. The van der Waals surface area contributed by atoms with Gasteiger partial charge in [0, 0.05) is 32.1 Å². The second-order valence-electron chi connectivity index (χ2n) is 5.04. The zero-order valence-electron chi connectivity index (χ0n) is 10.9. The van der Waals surface area contributed by atoms with E-state index in [2.05, 4.69) is 5.32 Å². The molecule has 17 heavy (non-hydrogen) atoms. The minimum absolute atomic E-state index is 0.0312. The van der Waals surface area contributed by atoms with Crippen LogP contribution in [-0.2, 0) is 9.53 Å². The summed E-state index contributed by atoms with van der Waals surface area (Å²) in [6, 6.07) is 0. The van der Waals surface area contributed by atoms with E-state index in [1.807, 2.05) is 6.92 Å². The van der Waals surface area contributed by atoms with Crippen LogP contribution in [0.3, 0.4) is 0 Å². The van der Waals surface area contributed by atoms with E-state index in [-0.39, 0.29) is 23.8 Å². The van der Waals surface area contributed by atoms with Gasteiger partial charge in [-0.15, -0.1) is 0 Å². The van der Waals surface area contributed by atoms with Crippen LogP contribution in [0.2, 0.25) is 0 Å². The molecule has 0 aromatic carbocycles. The van der Waals surface area contributed by atoms with Crippen molar-refractivity contribution in [3.63, 3.8) is 0 Å². The topological polar surface area (TPSA) is 58.6 Å². The van der Waals surface area contributed by atoms with E-state index >= 15 is 0 Å².